The summed E-state index contributed by atoms with van der Waals surface area (Å²) in [5, 5.41) is 0. The third-order valence-electron chi connectivity index (χ3n) is 0. The van der Waals surface area contributed by atoms with Crippen molar-refractivity contribution >= 4 is 60.6 Å². The molecule has 0 radical (unpaired) electrons. The van der Waals surface area contributed by atoms with Gasteiger partial charge < -0.3 is 0 Å². The van der Waals surface area contributed by atoms with E-state index in [-0.39, 0.29) is 60.6 Å². The summed E-state index contributed by atoms with van der Waals surface area (Å²) in [6.07, 6.45) is 0. The Kier molecular flexibility index (Phi) is 700. The molecule has 0 spiro atoms. The molecule has 0 aliphatic carbocycles. The van der Waals surface area contributed by atoms with Crippen molar-refractivity contribution in [2.45, 2.75) is 0 Å². The minimum atomic E-state index is 0. The van der Waals surface area contributed by atoms with Gasteiger partial charge >= 0.3 is 0 Å². The quantitative estimate of drug-likeness (QED) is 0.491. The molecule has 1 atom stereocenters. The molecule has 0 aromatic rings. The predicted molar refractivity (Wildman–Crippen MR) is 43.2 cm³/mol. The van der Waals surface area contributed by atoms with E-state index in [0.29, 0.717) is 0 Å². The van der Waals surface area contributed by atoms with E-state index in [1.54, 1.807) is 0 Å². The second-order valence-electron chi connectivity index (χ2n) is 0. The van der Waals surface area contributed by atoms with Gasteiger partial charge in [0.2, 0.25) is 0 Å². The lowest BCUT2D eigenvalue weighted by Crippen LogP contribution is 0.648. The third-order valence-corrected chi connectivity index (χ3v) is 0. The van der Waals surface area contributed by atoms with Gasteiger partial charge in [-0.1, -0.05) is 0 Å². The van der Waals surface area contributed by atoms with Crippen LogP contribution in [0.15, 0.2) is 0 Å². The number of hydrogen-bond donors (Lipinski definition) is 0. The SMILES string of the molecule is Cl.Cl.Cl.P.S. The predicted octanol–water partition coefficient (Wildman–Crippen LogP) is 1.44. The van der Waals surface area contributed by atoms with Crippen molar-refractivity contribution in [3.8, 4) is 0 Å². The topological polar surface area (TPSA) is 0 Å². The lowest BCUT2D eigenvalue weighted by atomic mass is 31.0. The Bertz CT molecular complexity index is 6.85. The molecule has 0 fully saturated rings. The van der Waals surface area contributed by atoms with Crippen molar-refractivity contribution in [3.63, 3.8) is 0 Å². The Labute approximate surface area is 60.8 Å². The number of rotatable bonds is 0. The molecule has 0 aliphatic rings. The van der Waals surface area contributed by atoms with Gasteiger partial charge in [-0.3, -0.25) is 0 Å². The van der Waals surface area contributed by atoms with Crippen LogP contribution in [0.3, 0.4) is 0 Å². The van der Waals surface area contributed by atoms with Crippen molar-refractivity contribution < 1.29 is 0 Å². The standard InChI is InChI=1S/3ClH.H3P.H2S/h3*1H;1H3;1H2. The lowest BCUT2D eigenvalue weighted by Gasteiger charge is -0.197. The van der Waals surface area contributed by atoms with E-state index in [0.717, 1.165) is 0 Å². The highest BCUT2D eigenvalue weighted by atomic mass is 35.5. The second-order valence-corrected chi connectivity index (χ2v) is 0. The van der Waals surface area contributed by atoms with Crippen LogP contribution < -0.4 is 0 Å². The van der Waals surface area contributed by atoms with E-state index in [2.05, 4.69) is 0 Å². The van der Waals surface area contributed by atoms with Gasteiger partial charge in [0, 0.05) is 0 Å². The Morgan fingerprint density at radius 3 is 0.600 bits per heavy atom. The summed E-state index contributed by atoms with van der Waals surface area (Å²) in [7, 11) is 0. The Hall–Kier alpha value is 1.65. The van der Waals surface area contributed by atoms with Gasteiger partial charge in [0.05, 0.1) is 0 Å². The van der Waals surface area contributed by atoms with E-state index < -0.39 is 0 Å². The van der Waals surface area contributed by atoms with Gasteiger partial charge in [-0.2, -0.15) is 23.4 Å². The maximum atomic E-state index is 0. The largest absolute Gasteiger partial charge is 0.197 e. The molecule has 0 aliphatic heterocycles. The first kappa shape index (κ1) is 78.0. The summed E-state index contributed by atoms with van der Waals surface area (Å²) in [5.74, 6) is 0. The summed E-state index contributed by atoms with van der Waals surface area (Å²) < 4.78 is 0. The molecule has 0 saturated heterocycles. The van der Waals surface area contributed by atoms with Crippen LogP contribution in [-0.4, -0.2) is 0 Å². The minimum Gasteiger partial charge on any atom is -0.197 e. The van der Waals surface area contributed by atoms with Crippen molar-refractivity contribution in [1.29, 1.82) is 0 Å². The number of hydrogen-bond acceptors (Lipinski definition) is 0. The highest BCUT2D eigenvalue weighted by molar-refractivity contribution is 7.59. The Balaban J connectivity index is 0. The summed E-state index contributed by atoms with van der Waals surface area (Å²) in [4.78, 5) is 0. The smallest absolute Gasteiger partial charge is 0.147 e. The van der Waals surface area contributed by atoms with E-state index in [9.17, 15) is 0 Å². The normalized spacial score (nSPS) is 0. The molecule has 1 unspecified atom stereocenters. The summed E-state index contributed by atoms with van der Waals surface area (Å²) >= 11 is 0. The zero-order chi connectivity index (χ0) is 0. The maximum Gasteiger partial charge on any atom is -0.147 e. The third kappa shape index (κ3) is 27.6. The molecule has 5 heavy (non-hydrogen) atoms. The van der Waals surface area contributed by atoms with Crippen LogP contribution in [0, 0.1) is 0 Å². The molecule has 0 aromatic heterocycles. The molecular formula is H8Cl3PS. The second kappa shape index (κ2) is 44.9. The van der Waals surface area contributed by atoms with Gasteiger partial charge in [0.1, 0.15) is 0 Å². The first-order valence-corrected chi connectivity index (χ1v) is 0. The lowest BCUT2D eigenvalue weighted by molar-refractivity contribution is 5.85. The van der Waals surface area contributed by atoms with Gasteiger partial charge in [0.15, 0.2) is 0 Å². The molecule has 0 N–H and O–H groups in total. The van der Waals surface area contributed by atoms with Gasteiger partial charge in [-0.05, 0) is 0 Å². The van der Waals surface area contributed by atoms with Crippen molar-refractivity contribution in [3.05, 3.63) is 0 Å². The zero-order valence-electron chi connectivity index (χ0n) is 2.43. The number of halogens is 3. The minimum absolute atomic E-state index is 0. The summed E-state index contributed by atoms with van der Waals surface area (Å²) in [5.41, 5.74) is 0. The molecule has 0 rings (SSSR count). The molecule has 0 aromatic carbocycles. The van der Waals surface area contributed by atoms with Crippen LogP contribution >= 0.6 is 60.6 Å². The Morgan fingerprint density at radius 1 is 0.600 bits per heavy atom. The van der Waals surface area contributed by atoms with Gasteiger partial charge in [-0.15, -0.1) is 37.2 Å². The fourth-order valence-electron chi connectivity index (χ4n) is 0. The molecule has 0 bridgehead atoms. The first-order chi connectivity index (χ1) is 0. The van der Waals surface area contributed by atoms with E-state index in [4.69, 9.17) is 0 Å². The van der Waals surface area contributed by atoms with Crippen LogP contribution in [0.5, 0.6) is 0 Å². The van der Waals surface area contributed by atoms with Crippen LogP contribution in [0.25, 0.3) is 0 Å². The van der Waals surface area contributed by atoms with Crippen molar-refractivity contribution in [2.24, 2.45) is 0 Å². The monoisotopic (exact) mass is 176 g/mol. The fraction of sp³-hybridized carbons (Fsp3) is 0. The van der Waals surface area contributed by atoms with E-state index in [1.807, 2.05) is 0 Å². The molecule has 5 heteroatoms. The van der Waals surface area contributed by atoms with Crippen LogP contribution in [-0.2, 0) is 0 Å². The highest BCUT2D eigenvalue weighted by Crippen LogP contribution is 0.861. The summed E-state index contributed by atoms with van der Waals surface area (Å²) in [6.45, 7) is 0. The van der Waals surface area contributed by atoms with Crippen LogP contribution in [0.2, 0.25) is 0 Å². The first-order valence-electron chi connectivity index (χ1n) is 0. The van der Waals surface area contributed by atoms with Gasteiger partial charge in [0.25, 0.3) is 0 Å². The molecule has 0 nitrogen and oxygen atoms in total. The van der Waals surface area contributed by atoms with E-state index >= 15 is 0 Å². The highest BCUT2D eigenvalue weighted by Gasteiger charge is -0.144. The van der Waals surface area contributed by atoms with Crippen molar-refractivity contribution in [1.82, 2.24) is 0 Å². The average Bonchev–Trinajstić information content (AvgIpc) is 0. The molecule has 40 valence electrons. The van der Waals surface area contributed by atoms with Crippen LogP contribution in [0.4, 0.5) is 0 Å². The van der Waals surface area contributed by atoms with Crippen molar-refractivity contribution in [2.75, 3.05) is 0 Å². The average molecular weight is 177 g/mol. The fourth-order valence-corrected chi connectivity index (χ4v) is 0. The molecule has 0 saturated carbocycles. The molecular weight excluding hydrogens is 169 g/mol. The molecule has 0 heterocycles. The summed E-state index contributed by atoms with van der Waals surface area (Å²) in [6, 6.07) is 0. The maximum absolute atomic E-state index is 0. The zero-order valence-corrected chi connectivity index (χ0v) is 7.30. The molecule has 0 amide bonds. The van der Waals surface area contributed by atoms with E-state index in [1.165, 1.54) is 0 Å². The van der Waals surface area contributed by atoms with Gasteiger partial charge in [-0.25, -0.2) is 0 Å². The Morgan fingerprint density at radius 2 is 0.600 bits per heavy atom. The van der Waals surface area contributed by atoms with Crippen LogP contribution in [0.1, 0.15) is 0 Å².